The van der Waals surface area contributed by atoms with E-state index in [4.69, 9.17) is 9.05 Å². The lowest BCUT2D eigenvalue weighted by Crippen LogP contribution is -2.34. The number of aryl methyl sites for hydroxylation is 3. The molecule has 1 atom stereocenters. The Labute approximate surface area is 151 Å². The number of rotatable bonds is 7. The van der Waals surface area contributed by atoms with Crippen molar-refractivity contribution in [1.82, 2.24) is 15.6 Å². The highest BCUT2D eigenvalue weighted by Crippen LogP contribution is 2.17. The number of amides is 1. The lowest BCUT2D eigenvalue weighted by Gasteiger charge is -2.18. The van der Waals surface area contributed by atoms with Crippen LogP contribution in [0, 0.1) is 20.8 Å². The SMILES string of the molecule is Cc1cc(NC(=O)C(NCCc2c(C)noc2C)c2ccccc2)no1. The summed E-state index contributed by atoms with van der Waals surface area (Å²) in [6.07, 6.45) is 0.723. The van der Waals surface area contributed by atoms with Gasteiger partial charge in [-0.1, -0.05) is 40.6 Å². The van der Waals surface area contributed by atoms with Crippen LogP contribution in [-0.4, -0.2) is 22.8 Å². The summed E-state index contributed by atoms with van der Waals surface area (Å²) in [6, 6.07) is 10.8. The first-order valence-corrected chi connectivity index (χ1v) is 8.49. The Bertz CT molecular complexity index is 851. The van der Waals surface area contributed by atoms with E-state index in [2.05, 4.69) is 20.9 Å². The molecule has 7 heteroatoms. The average molecular weight is 354 g/mol. The van der Waals surface area contributed by atoms with Crippen molar-refractivity contribution < 1.29 is 13.8 Å². The molecule has 0 fully saturated rings. The van der Waals surface area contributed by atoms with Gasteiger partial charge in [-0.15, -0.1) is 0 Å². The molecule has 0 bridgehead atoms. The van der Waals surface area contributed by atoms with Crippen LogP contribution in [0.15, 0.2) is 45.4 Å². The number of hydrogen-bond acceptors (Lipinski definition) is 6. The smallest absolute Gasteiger partial charge is 0.247 e. The first-order chi connectivity index (χ1) is 12.5. The molecule has 3 rings (SSSR count). The van der Waals surface area contributed by atoms with E-state index >= 15 is 0 Å². The van der Waals surface area contributed by atoms with Gasteiger partial charge in [0.1, 0.15) is 17.6 Å². The highest BCUT2D eigenvalue weighted by molar-refractivity contribution is 5.94. The van der Waals surface area contributed by atoms with E-state index in [9.17, 15) is 4.79 Å². The molecule has 2 aromatic heterocycles. The molecular weight excluding hydrogens is 332 g/mol. The number of nitrogens with zero attached hydrogens (tertiary/aromatic N) is 2. The van der Waals surface area contributed by atoms with Gasteiger partial charge in [0.25, 0.3) is 0 Å². The molecule has 0 saturated heterocycles. The minimum Gasteiger partial charge on any atom is -0.361 e. The zero-order valence-corrected chi connectivity index (χ0v) is 15.1. The molecule has 0 aliphatic heterocycles. The molecule has 3 aromatic rings. The van der Waals surface area contributed by atoms with E-state index < -0.39 is 6.04 Å². The van der Waals surface area contributed by atoms with Gasteiger partial charge in [-0.25, -0.2) is 0 Å². The van der Waals surface area contributed by atoms with Crippen LogP contribution >= 0.6 is 0 Å². The Morgan fingerprint density at radius 1 is 1.12 bits per heavy atom. The normalized spacial score (nSPS) is 12.1. The standard InChI is InChI=1S/C19H22N4O3/c1-12-11-17(23-25-12)21-19(24)18(15-7-5-4-6-8-15)20-10-9-16-13(2)22-26-14(16)3/h4-8,11,18,20H,9-10H2,1-3H3,(H,21,23,24). The van der Waals surface area contributed by atoms with E-state index in [-0.39, 0.29) is 5.91 Å². The quantitative estimate of drug-likeness (QED) is 0.677. The molecule has 26 heavy (non-hydrogen) atoms. The molecule has 0 aliphatic carbocycles. The first-order valence-electron chi connectivity index (χ1n) is 8.49. The average Bonchev–Trinajstić information content (AvgIpc) is 3.18. The number of nitrogens with one attached hydrogen (secondary N) is 2. The van der Waals surface area contributed by atoms with Gasteiger partial charge in [-0.2, -0.15) is 0 Å². The van der Waals surface area contributed by atoms with Crippen LogP contribution in [0.25, 0.3) is 0 Å². The second kappa shape index (κ2) is 7.97. The fourth-order valence-corrected chi connectivity index (χ4v) is 2.83. The molecule has 7 nitrogen and oxygen atoms in total. The van der Waals surface area contributed by atoms with Crippen molar-refractivity contribution >= 4 is 11.7 Å². The van der Waals surface area contributed by atoms with Gasteiger partial charge in [-0.3, -0.25) is 4.79 Å². The molecule has 0 radical (unpaired) electrons. The van der Waals surface area contributed by atoms with Crippen molar-refractivity contribution in [2.45, 2.75) is 33.2 Å². The molecule has 0 spiro atoms. The predicted molar refractivity (Wildman–Crippen MR) is 96.7 cm³/mol. The molecule has 0 saturated carbocycles. The van der Waals surface area contributed by atoms with Crippen LogP contribution in [-0.2, 0) is 11.2 Å². The molecule has 1 aromatic carbocycles. The lowest BCUT2D eigenvalue weighted by molar-refractivity contribution is -0.118. The maximum Gasteiger partial charge on any atom is 0.247 e. The Morgan fingerprint density at radius 2 is 1.88 bits per heavy atom. The molecule has 1 amide bonds. The highest BCUT2D eigenvalue weighted by Gasteiger charge is 2.21. The molecule has 0 aliphatic rings. The number of anilines is 1. The molecule has 2 N–H and O–H groups in total. The van der Waals surface area contributed by atoms with Crippen LogP contribution in [0.4, 0.5) is 5.82 Å². The van der Waals surface area contributed by atoms with Gasteiger partial charge in [0.05, 0.1) is 5.69 Å². The van der Waals surface area contributed by atoms with Crippen LogP contribution in [0.5, 0.6) is 0 Å². The minimum atomic E-state index is -0.506. The van der Waals surface area contributed by atoms with Gasteiger partial charge in [-0.05, 0) is 32.8 Å². The minimum absolute atomic E-state index is 0.191. The van der Waals surface area contributed by atoms with Crippen LogP contribution in [0.1, 0.15) is 34.4 Å². The van der Waals surface area contributed by atoms with Crippen molar-refractivity contribution in [3.05, 3.63) is 64.7 Å². The van der Waals surface area contributed by atoms with Crippen molar-refractivity contribution in [1.29, 1.82) is 0 Å². The number of aromatic nitrogens is 2. The van der Waals surface area contributed by atoms with Crippen molar-refractivity contribution in [3.63, 3.8) is 0 Å². The Kier molecular flexibility index (Phi) is 5.48. The second-order valence-electron chi connectivity index (χ2n) is 6.16. The Balaban J connectivity index is 1.70. The number of carbonyl (C=O) groups excluding carboxylic acids is 1. The Hall–Kier alpha value is -2.93. The second-order valence-corrected chi connectivity index (χ2v) is 6.16. The van der Waals surface area contributed by atoms with Crippen LogP contribution < -0.4 is 10.6 Å². The third-order valence-corrected chi connectivity index (χ3v) is 4.18. The maximum absolute atomic E-state index is 12.8. The number of benzene rings is 1. The molecular formula is C19H22N4O3. The van der Waals surface area contributed by atoms with Crippen molar-refractivity contribution in [2.24, 2.45) is 0 Å². The largest absolute Gasteiger partial charge is 0.361 e. The Morgan fingerprint density at radius 3 is 2.50 bits per heavy atom. The van der Waals surface area contributed by atoms with Crippen LogP contribution in [0.2, 0.25) is 0 Å². The summed E-state index contributed by atoms with van der Waals surface area (Å²) in [7, 11) is 0. The highest BCUT2D eigenvalue weighted by atomic mass is 16.5. The fraction of sp³-hybridized carbons (Fsp3) is 0.316. The summed E-state index contributed by atoms with van der Waals surface area (Å²) in [6.45, 7) is 6.19. The first kappa shape index (κ1) is 17.9. The van der Waals surface area contributed by atoms with Crippen molar-refractivity contribution in [3.8, 4) is 0 Å². The third-order valence-electron chi connectivity index (χ3n) is 4.18. The zero-order valence-electron chi connectivity index (χ0n) is 15.1. The molecule has 1 unspecified atom stereocenters. The lowest BCUT2D eigenvalue weighted by atomic mass is 10.1. The summed E-state index contributed by atoms with van der Waals surface area (Å²) in [4.78, 5) is 12.8. The van der Waals surface area contributed by atoms with Gasteiger partial charge < -0.3 is 19.7 Å². The summed E-state index contributed by atoms with van der Waals surface area (Å²) >= 11 is 0. The summed E-state index contributed by atoms with van der Waals surface area (Å²) in [5, 5.41) is 13.9. The van der Waals surface area contributed by atoms with Gasteiger partial charge in [0.15, 0.2) is 5.82 Å². The van der Waals surface area contributed by atoms with E-state index in [0.717, 1.165) is 29.0 Å². The maximum atomic E-state index is 12.8. The molecule has 2 heterocycles. The van der Waals surface area contributed by atoms with E-state index in [1.165, 1.54) is 0 Å². The van der Waals surface area contributed by atoms with E-state index in [0.29, 0.717) is 18.1 Å². The number of carbonyl (C=O) groups is 1. The van der Waals surface area contributed by atoms with E-state index in [1.54, 1.807) is 13.0 Å². The van der Waals surface area contributed by atoms with Gasteiger partial charge in [0, 0.05) is 18.2 Å². The third kappa shape index (κ3) is 4.18. The topological polar surface area (TPSA) is 93.2 Å². The zero-order chi connectivity index (χ0) is 18.5. The van der Waals surface area contributed by atoms with Crippen LogP contribution in [0.3, 0.4) is 0 Å². The van der Waals surface area contributed by atoms with Gasteiger partial charge in [0.2, 0.25) is 5.91 Å². The van der Waals surface area contributed by atoms with E-state index in [1.807, 2.05) is 44.2 Å². The number of hydrogen-bond donors (Lipinski definition) is 2. The summed E-state index contributed by atoms with van der Waals surface area (Å²) < 4.78 is 10.2. The van der Waals surface area contributed by atoms with Gasteiger partial charge >= 0.3 is 0 Å². The monoisotopic (exact) mass is 354 g/mol. The fourth-order valence-electron chi connectivity index (χ4n) is 2.83. The summed E-state index contributed by atoms with van der Waals surface area (Å²) in [5.41, 5.74) is 2.82. The predicted octanol–water partition coefficient (Wildman–Crippen LogP) is 3.10. The molecule has 136 valence electrons. The summed E-state index contributed by atoms with van der Waals surface area (Å²) in [5.74, 6) is 1.66. The van der Waals surface area contributed by atoms with Crippen molar-refractivity contribution in [2.75, 3.05) is 11.9 Å².